The van der Waals surface area contributed by atoms with E-state index in [1.54, 1.807) is 31.4 Å². The average molecular weight is 298 g/mol. The molecule has 5 nitrogen and oxygen atoms in total. The summed E-state index contributed by atoms with van der Waals surface area (Å²) in [6.07, 6.45) is 1.88. The fourth-order valence-electron chi connectivity index (χ4n) is 1.88. The Balaban J connectivity index is 1.92. The van der Waals surface area contributed by atoms with Gasteiger partial charge in [0.25, 0.3) is 0 Å². The van der Waals surface area contributed by atoms with Crippen LogP contribution in [0.4, 0.5) is 5.69 Å². The molecule has 1 aliphatic rings. The van der Waals surface area contributed by atoms with Crippen molar-refractivity contribution in [1.82, 2.24) is 4.72 Å². The van der Waals surface area contributed by atoms with Crippen molar-refractivity contribution in [2.75, 3.05) is 25.6 Å². The van der Waals surface area contributed by atoms with Crippen molar-refractivity contribution >= 4 is 15.7 Å². The molecule has 0 amide bonds. The quantitative estimate of drug-likeness (QED) is 0.768. The van der Waals surface area contributed by atoms with E-state index in [9.17, 15) is 8.42 Å². The number of anilines is 1. The van der Waals surface area contributed by atoms with Crippen LogP contribution < -0.4 is 10.0 Å². The third-order valence-corrected chi connectivity index (χ3v) is 4.71. The summed E-state index contributed by atoms with van der Waals surface area (Å²) < 4.78 is 31.7. The fourth-order valence-corrected chi connectivity index (χ4v) is 3.18. The smallest absolute Gasteiger partial charge is 0.240 e. The van der Waals surface area contributed by atoms with Gasteiger partial charge in [0, 0.05) is 25.4 Å². The van der Waals surface area contributed by atoms with Gasteiger partial charge in [0.15, 0.2) is 0 Å². The maximum atomic E-state index is 12.0. The molecule has 1 saturated carbocycles. The van der Waals surface area contributed by atoms with Crippen LogP contribution in [0, 0.1) is 5.92 Å². The molecule has 0 saturated heterocycles. The minimum absolute atomic E-state index is 0.132. The van der Waals surface area contributed by atoms with Gasteiger partial charge in [0.1, 0.15) is 0 Å². The predicted octanol–water partition coefficient (Wildman–Crippen LogP) is 1.82. The first-order chi connectivity index (χ1) is 9.51. The number of hydrogen-bond donors (Lipinski definition) is 2. The van der Waals surface area contributed by atoms with Crippen LogP contribution in [0.1, 0.15) is 19.8 Å². The van der Waals surface area contributed by atoms with Gasteiger partial charge in [-0.05, 0) is 43.0 Å². The number of rotatable bonds is 8. The van der Waals surface area contributed by atoms with E-state index in [1.807, 2.05) is 0 Å². The van der Waals surface area contributed by atoms with E-state index in [1.165, 1.54) is 0 Å². The summed E-state index contributed by atoms with van der Waals surface area (Å²) in [5, 5.41) is 3.27. The Morgan fingerprint density at radius 3 is 2.50 bits per heavy atom. The number of ether oxygens (including phenoxy) is 1. The lowest BCUT2D eigenvalue weighted by molar-refractivity contribution is 0.164. The number of nitrogens with one attached hydrogen (secondary N) is 2. The second-order valence-corrected chi connectivity index (χ2v) is 7.08. The average Bonchev–Trinajstić information content (AvgIpc) is 3.20. The zero-order chi connectivity index (χ0) is 14.6. The van der Waals surface area contributed by atoms with E-state index >= 15 is 0 Å². The van der Waals surface area contributed by atoms with Gasteiger partial charge in [0.05, 0.1) is 11.5 Å². The van der Waals surface area contributed by atoms with Crippen molar-refractivity contribution < 1.29 is 13.2 Å². The molecule has 112 valence electrons. The lowest BCUT2D eigenvalue weighted by Crippen LogP contribution is -2.25. The summed E-state index contributed by atoms with van der Waals surface area (Å²) in [5.41, 5.74) is 0.915. The van der Waals surface area contributed by atoms with Crippen LogP contribution in [-0.4, -0.2) is 34.7 Å². The largest absolute Gasteiger partial charge is 0.385 e. The third kappa shape index (κ3) is 4.47. The van der Waals surface area contributed by atoms with Gasteiger partial charge in [-0.2, -0.15) is 0 Å². The topological polar surface area (TPSA) is 67.4 Å². The molecule has 0 spiro atoms. The van der Waals surface area contributed by atoms with Gasteiger partial charge >= 0.3 is 0 Å². The molecule has 0 radical (unpaired) electrons. The summed E-state index contributed by atoms with van der Waals surface area (Å²) in [5.74, 6) is 0.403. The van der Waals surface area contributed by atoms with E-state index < -0.39 is 10.0 Å². The molecule has 0 aromatic heterocycles. The maximum Gasteiger partial charge on any atom is 0.240 e. The second kappa shape index (κ2) is 6.56. The number of benzene rings is 1. The SMILES string of the molecule is COCC(C)CNc1ccc(S(=O)(=O)NC2CC2)cc1. The summed E-state index contributed by atoms with van der Waals surface area (Å²) in [6, 6.07) is 6.98. The summed E-state index contributed by atoms with van der Waals surface area (Å²) in [6.45, 7) is 3.58. The molecule has 1 aromatic carbocycles. The minimum Gasteiger partial charge on any atom is -0.385 e. The van der Waals surface area contributed by atoms with Crippen LogP contribution in [0.2, 0.25) is 0 Å². The minimum atomic E-state index is -3.35. The van der Waals surface area contributed by atoms with Gasteiger partial charge in [-0.1, -0.05) is 6.92 Å². The number of methoxy groups -OCH3 is 1. The second-order valence-electron chi connectivity index (χ2n) is 5.36. The van der Waals surface area contributed by atoms with Crippen LogP contribution in [-0.2, 0) is 14.8 Å². The van der Waals surface area contributed by atoms with Crippen LogP contribution in [0.3, 0.4) is 0 Å². The third-order valence-electron chi connectivity index (χ3n) is 3.17. The Hall–Kier alpha value is -1.11. The normalized spacial score (nSPS) is 16.9. The Kier molecular flexibility index (Phi) is 5.01. The molecule has 1 aromatic rings. The highest BCUT2D eigenvalue weighted by atomic mass is 32.2. The van der Waals surface area contributed by atoms with Crippen molar-refractivity contribution in [3.63, 3.8) is 0 Å². The molecule has 1 aliphatic carbocycles. The fraction of sp³-hybridized carbons (Fsp3) is 0.571. The van der Waals surface area contributed by atoms with Gasteiger partial charge in [-0.25, -0.2) is 13.1 Å². The molecule has 2 N–H and O–H groups in total. The Morgan fingerprint density at radius 1 is 1.30 bits per heavy atom. The van der Waals surface area contributed by atoms with Gasteiger partial charge in [-0.15, -0.1) is 0 Å². The van der Waals surface area contributed by atoms with Crippen molar-refractivity contribution in [1.29, 1.82) is 0 Å². The van der Waals surface area contributed by atoms with Crippen LogP contribution in [0.5, 0.6) is 0 Å². The van der Waals surface area contributed by atoms with E-state index in [2.05, 4.69) is 17.0 Å². The molecule has 1 unspecified atom stereocenters. The van der Waals surface area contributed by atoms with Crippen LogP contribution in [0.15, 0.2) is 29.2 Å². The van der Waals surface area contributed by atoms with Crippen molar-refractivity contribution in [2.45, 2.75) is 30.7 Å². The summed E-state index contributed by atoms with van der Waals surface area (Å²) >= 11 is 0. The molecule has 0 aliphatic heterocycles. The van der Waals surface area contributed by atoms with Gasteiger partial charge in [0.2, 0.25) is 10.0 Å². The Bertz CT molecular complexity index is 524. The highest BCUT2D eigenvalue weighted by molar-refractivity contribution is 7.89. The van der Waals surface area contributed by atoms with Crippen LogP contribution >= 0.6 is 0 Å². The Labute approximate surface area is 120 Å². The van der Waals surface area contributed by atoms with E-state index in [-0.39, 0.29) is 6.04 Å². The standard InChI is InChI=1S/C14H22N2O3S/c1-11(10-19-2)9-15-12-5-7-14(8-6-12)20(17,18)16-13-3-4-13/h5-8,11,13,15-16H,3-4,9-10H2,1-2H3. The molecular formula is C14H22N2O3S. The monoisotopic (exact) mass is 298 g/mol. The highest BCUT2D eigenvalue weighted by Crippen LogP contribution is 2.22. The molecule has 6 heteroatoms. The molecular weight excluding hydrogens is 276 g/mol. The molecule has 1 atom stereocenters. The predicted molar refractivity (Wildman–Crippen MR) is 79.3 cm³/mol. The Morgan fingerprint density at radius 2 is 1.95 bits per heavy atom. The van der Waals surface area contributed by atoms with Gasteiger partial charge in [-0.3, -0.25) is 0 Å². The first-order valence-electron chi connectivity index (χ1n) is 6.86. The van der Waals surface area contributed by atoms with E-state index in [0.717, 1.165) is 25.1 Å². The van der Waals surface area contributed by atoms with Crippen molar-refractivity contribution in [2.24, 2.45) is 5.92 Å². The number of hydrogen-bond acceptors (Lipinski definition) is 4. The molecule has 20 heavy (non-hydrogen) atoms. The zero-order valence-electron chi connectivity index (χ0n) is 11.9. The van der Waals surface area contributed by atoms with E-state index in [0.29, 0.717) is 17.4 Å². The summed E-state index contributed by atoms with van der Waals surface area (Å²) in [4.78, 5) is 0.319. The highest BCUT2D eigenvalue weighted by Gasteiger charge is 2.27. The molecule has 1 fully saturated rings. The zero-order valence-corrected chi connectivity index (χ0v) is 12.7. The summed E-state index contributed by atoms with van der Waals surface area (Å²) in [7, 11) is -1.67. The lowest BCUT2D eigenvalue weighted by Gasteiger charge is -2.13. The molecule has 0 bridgehead atoms. The molecule has 2 rings (SSSR count). The van der Waals surface area contributed by atoms with Crippen molar-refractivity contribution in [3.05, 3.63) is 24.3 Å². The maximum absolute atomic E-state index is 12.0. The van der Waals surface area contributed by atoms with Gasteiger partial charge < -0.3 is 10.1 Å². The van der Waals surface area contributed by atoms with E-state index in [4.69, 9.17) is 4.74 Å². The first kappa shape index (κ1) is 15.3. The van der Waals surface area contributed by atoms with Crippen molar-refractivity contribution in [3.8, 4) is 0 Å². The lowest BCUT2D eigenvalue weighted by atomic mass is 10.2. The number of sulfonamides is 1. The molecule has 0 heterocycles. The first-order valence-corrected chi connectivity index (χ1v) is 8.35. The van der Waals surface area contributed by atoms with Crippen LogP contribution in [0.25, 0.3) is 0 Å².